The minimum Gasteiger partial charge on any atom is -0.497 e. The first-order valence-electron chi connectivity index (χ1n) is 11.7. The highest BCUT2D eigenvalue weighted by atomic mass is 16.5. The second-order valence-electron chi connectivity index (χ2n) is 9.13. The molecule has 184 valence electrons. The van der Waals surface area contributed by atoms with Crippen LogP contribution in [-0.4, -0.2) is 70.4 Å². The predicted molar refractivity (Wildman–Crippen MR) is 134 cm³/mol. The lowest BCUT2D eigenvalue weighted by Gasteiger charge is -2.32. The van der Waals surface area contributed by atoms with E-state index in [9.17, 15) is 14.4 Å². The zero-order chi connectivity index (χ0) is 25.1. The minimum atomic E-state index is -0.697. The first-order chi connectivity index (χ1) is 16.8. The number of rotatable bonds is 6. The van der Waals surface area contributed by atoms with E-state index in [2.05, 4.69) is 23.8 Å². The van der Waals surface area contributed by atoms with Crippen LogP contribution < -0.4 is 16.0 Å². The highest BCUT2D eigenvalue weighted by molar-refractivity contribution is 5.92. The largest absolute Gasteiger partial charge is 0.497 e. The molecule has 9 nitrogen and oxygen atoms in total. The van der Waals surface area contributed by atoms with Gasteiger partial charge in [0.1, 0.15) is 5.75 Å². The molecule has 0 bridgehead atoms. The molecule has 4 rings (SSSR count). The van der Waals surface area contributed by atoms with Crippen LogP contribution in [0.4, 0.5) is 0 Å². The SMILES string of the molecule is COc1cccc(Cn2c(=O)c(C(=O)N3CCN(C)CC3)nn(-c3ccc(C(C)C)cc3)c2=O)c1. The van der Waals surface area contributed by atoms with E-state index in [0.29, 0.717) is 49.1 Å². The first kappa shape index (κ1) is 24.4. The highest BCUT2D eigenvalue weighted by Crippen LogP contribution is 2.16. The monoisotopic (exact) mass is 477 g/mol. The molecule has 35 heavy (non-hydrogen) atoms. The van der Waals surface area contributed by atoms with Crippen molar-refractivity contribution in [2.45, 2.75) is 26.3 Å². The number of hydrogen-bond acceptors (Lipinski definition) is 6. The summed E-state index contributed by atoms with van der Waals surface area (Å²) in [6.07, 6.45) is 0. The van der Waals surface area contributed by atoms with Crippen LogP contribution in [0.15, 0.2) is 58.1 Å². The average molecular weight is 478 g/mol. The predicted octanol–water partition coefficient (Wildman–Crippen LogP) is 1.96. The van der Waals surface area contributed by atoms with Crippen molar-refractivity contribution in [1.29, 1.82) is 0 Å². The summed E-state index contributed by atoms with van der Waals surface area (Å²) < 4.78 is 7.50. The summed E-state index contributed by atoms with van der Waals surface area (Å²) in [5.74, 6) is 0.475. The van der Waals surface area contributed by atoms with Gasteiger partial charge < -0.3 is 14.5 Å². The molecule has 1 aliphatic rings. The van der Waals surface area contributed by atoms with E-state index in [1.165, 1.54) is 0 Å². The Morgan fingerprint density at radius 1 is 1.03 bits per heavy atom. The fourth-order valence-corrected chi connectivity index (χ4v) is 4.07. The van der Waals surface area contributed by atoms with Crippen LogP contribution in [0.1, 0.15) is 41.4 Å². The van der Waals surface area contributed by atoms with Crippen LogP contribution in [0.3, 0.4) is 0 Å². The Balaban J connectivity index is 1.83. The number of ether oxygens (including phenoxy) is 1. The molecular formula is C26H31N5O4. The van der Waals surface area contributed by atoms with E-state index in [4.69, 9.17) is 4.74 Å². The third-order valence-corrected chi connectivity index (χ3v) is 6.33. The second-order valence-corrected chi connectivity index (χ2v) is 9.13. The average Bonchev–Trinajstić information content (AvgIpc) is 2.87. The van der Waals surface area contributed by atoms with E-state index >= 15 is 0 Å². The third kappa shape index (κ3) is 5.19. The third-order valence-electron chi connectivity index (χ3n) is 6.33. The van der Waals surface area contributed by atoms with Gasteiger partial charge in [-0.1, -0.05) is 38.1 Å². The van der Waals surface area contributed by atoms with Gasteiger partial charge in [0.15, 0.2) is 0 Å². The smallest absolute Gasteiger partial charge is 0.352 e. The lowest BCUT2D eigenvalue weighted by Crippen LogP contribution is -2.51. The van der Waals surface area contributed by atoms with Crippen LogP contribution in [-0.2, 0) is 6.54 Å². The first-order valence-corrected chi connectivity index (χ1v) is 11.7. The Morgan fingerprint density at radius 3 is 2.34 bits per heavy atom. The molecular weight excluding hydrogens is 446 g/mol. The van der Waals surface area contributed by atoms with Gasteiger partial charge in [0.05, 0.1) is 19.3 Å². The lowest BCUT2D eigenvalue weighted by atomic mass is 10.0. The van der Waals surface area contributed by atoms with E-state index in [-0.39, 0.29) is 12.2 Å². The number of methoxy groups -OCH3 is 1. The summed E-state index contributed by atoms with van der Waals surface area (Å²) in [6, 6.07) is 14.6. The molecule has 0 atom stereocenters. The van der Waals surface area contributed by atoms with E-state index in [0.717, 1.165) is 14.8 Å². The molecule has 1 fully saturated rings. The van der Waals surface area contributed by atoms with Gasteiger partial charge >= 0.3 is 5.69 Å². The Bertz CT molecular complexity index is 1320. The molecule has 0 aliphatic carbocycles. The number of hydrogen-bond donors (Lipinski definition) is 0. The summed E-state index contributed by atoms with van der Waals surface area (Å²) in [6.45, 7) is 6.56. The van der Waals surface area contributed by atoms with Gasteiger partial charge in [-0.15, -0.1) is 0 Å². The molecule has 9 heteroatoms. The fraction of sp³-hybridized carbons (Fsp3) is 0.385. The van der Waals surface area contributed by atoms with Crippen LogP contribution >= 0.6 is 0 Å². The summed E-state index contributed by atoms with van der Waals surface area (Å²) >= 11 is 0. The van der Waals surface area contributed by atoms with Crippen LogP contribution in [0.25, 0.3) is 5.69 Å². The second kappa shape index (κ2) is 10.3. The molecule has 2 heterocycles. The van der Waals surface area contributed by atoms with Gasteiger partial charge in [-0.25, -0.2) is 4.79 Å². The van der Waals surface area contributed by atoms with Gasteiger partial charge in [0.25, 0.3) is 11.5 Å². The fourth-order valence-electron chi connectivity index (χ4n) is 4.07. The molecule has 1 saturated heterocycles. The van der Waals surface area contributed by atoms with Crippen LogP contribution in [0.5, 0.6) is 5.75 Å². The van der Waals surface area contributed by atoms with Crippen LogP contribution in [0.2, 0.25) is 0 Å². The zero-order valence-corrected chi connectivity index (χ0v) is 20.6. The number of carbonyl (C=O) groups excluding carboxylic acids is 1. The summed E-state index contributed by atoms with van der Waals surface area (Å²) in [7, 11) is 3.54. The molecule has 0 spiro atoms. The van der Waals surface area contributed by atoms with E-state index in [1.54, 1.807) is 48.4 Å². The number of aromatic nitrogens is 3. The van der Waals surface area contributed by atoms with Crippen molar-refractivity contribution in [3.8, 4) is 11.4 Å². The molecule has 1 amide bonds. The Kier molecular flexibility index (Phi) is 7.16. The lowest BCUT2D eigenvalue weighted by molar-refractivity contribution is 0.0652. The van der Waals surface area contributed by atoms with Crippen LogP contribution in [0, 0.1) is 0 Å². The maximum absolute atomic E-state index is 13.5. The number of benzene rings is 2. The molecule has 2 aromatic carbocycles. The quantitative estimate of drug-likeness (QED) is 0.539. The maximum atomic E-state index is 13.5. The zero-order valence-electron chi connectivity index (χ0n) is 20.6. The normalized spacial score (nSPS) is 14.4. The number of nitrogens with zero attached hydrogens (tertiary/aromatic N) is 5. The van der Waals surface area contributed by atoms with Gasteiger partial charge in [0.2, 0.25) is 5.69 Å². The van der Waals surface area contributed by atoms with Crippen molar-refractivity contribution in [1.82, 2.24) is 24.1 Å². The van der Waals surface area contributed by atoms with Gasteiger partial charge in [-0.2, -0.15) is 9.78 Å². The van der Waals surface area contributed by atoms with Crippen molar-refractivity contribution in [3.05, 3.63) is 86.2 Å². The molecule has 1 aliphatic heterocycles. The molecule has 0 N–H and O–H groups in total. The van der Waals surface area contributed by atoms with Crippen molar-refractivity contribution in [2.24, 2.45) is 0 Å². The topological polar surface area (TPSA) is 89.7 Å². The van der Waals surface area contributed by atoms with Gasteiger partial charge in [0, 0.05) is 26.2 Å². The molecule has 0 saturated carbocycles. The summed E-state index contributed by atoms with van der Waals surface area (Å²) in [4.78, 5) is 44.0. The van der Waals surface area contributed by atoms with Gasteiger partial charge in [-0.3, -0.25) is 14.2 Å². The molecule has 3 aromatic rings. The number of likely N-dealkylation sites (N-methyl/N-ethyl adjacent to an activating group) is 1. The van der Waals surface area contributed by atoms with Gasteiger partial charge in [-0.05, 0) is 48.4 Å². The standard InChI is InChI=1S/C26H31N5O4/c1-18(2)20-8-10-21(11-9-20)31-26(34)30(17-19-6-5-7-22(16-19)35-4)25(33)23(27-31)24(32)29-14-12-28(3)13-15-29/h5-11,16,18H,12-15,17H2,1-4H3. The molecule has 0 radical (unpaired) electrons. The minimum absolute atomic E-state index is 0.00944. The summed E-state index contributed by atoms with van der Waals surface area (Å²) in [5, 5.41) is 4.29. The van der Waals surface area contributed by atoms with Crippen molar-refractivity contribution in [3.63, 3.8) is 0 Å². The number of amides is 1. The molecule has 1 aromatic heterocycles. The summed E-state index contributed by atoms with van der Waals surface area (Å²) in [5.41, 5.74) is 0.743. The Labute approximate surface area is 204 Å². The number of piperazine rings is 1. The highest BCUT2D eigenvalue weighted by Gasteiger charge is 2.27. The van der Waals surface area contributed by atoms with Crippen molar-refractivity contribution in [2.75, 3.05) is 40.3 Å². The number of carbonyl (C=O) groups is 1. The Morgan fingerprint density at radius 2 is 1.71 bits per heavy atom. The maximum Gasteiger partial charge on any atom is 0.352 e. The molecule has 0 unspecified atom stereocenters. The van der Waals surface area contributed by atoms with Crippen molar-refractivity contribution < 1.29 is 9.53 Å². The van der Waals surface area contributed by atoms with E-state index < -0.39 is 17.2 Å². The van der Waals surface area contributed by atoms with Crippen molar-refractivity contribution >= 4 is 5.91 Å². The van der Waals surface area contributed by atoms with E-state index in [1.807, 2.05) is 19.2 Å². The Hall–Kier alpha value is -3.72.